The fraction of sp³-hybridized carbons (Fsp3) is 1.00. The average molecular weight is 709 g/mol. The molecule has 36 heavy (non-hydrogen) atoms. The van der Waals surface area contributed by atoms with Crippen molar-refractivity contribution in [3.05, 3.63) is 0 Å². The number of hydrogen-bond acceptors (Lipinski definition) is 0. The van der Waals surface area contributed by atoms with E-state index in [2.05, 4.69) is 70.9 Å². The van der Waals surface area contributed by atoms with Crippen molar-refractivity contribution in [3.63, 3.8) is 0 Å². The molecule has 0 aliphatic rings. The van der Waals surface area contributed by atoms with E-state index in [-0.39, 0.29) is 24.0 Å². The predicted octanol–water partition coefficient (Wildman–Crippen LogP) is 9.06. The van der Waals surface area contributed by atoms with Crippen LogP contribution in [-0.4, -0.2) is 55.3 Å². The molecular weight excluding hydrogens is 636 g/mol. The van der Waals surface area contributed by atoms with Gasteiger partial charge in [0.25, 0.3) is 0 Å². The minimum Gasteiger partial charge on any atom is -1.00 e. The van der Waals surface area contributed by atoms with E-state index in [9.17, 15) is 0 Å². The summed E-state index contributed by atoms with van der Waals surface area (Å²) < 4.78 is 1.42. The summed E-state index contributed by atoms with van der Waals surface area (Å²) in [6.07, 6.45) is 28.2. The Bertz CT molecular complexity index is 365. The minimum absolute atomic E-state index is 0. The van der Waals surface area contributed by atoms with Gasteiger partial charge in [0.15, 0.2) is 0 Å². The van der Waals surface area contributed by atoms with Crippen LogP contribution in [0.25, 0.3) is 0 Å². The van der Waals surface area contributed by atoms with Gasteiger partial charge >= 0.3 is 125 Å². The maximum absolute atomic E-state index is 4.43. The summed E-state index contributed by atoms with van der Waals surface area (Å²) in [6, 6.07) is 0. The maximum Gasteiger partial charge on any atom is 0.0786 e. The van der Waals surface area contributed by atoms with Crippen molar-refractivity contribution < 1.29 is 28.5 Å². The van der Waals surface area contributed by atoms with E-state index in [0.717, 1.165) is 0 Å². The first-order chi connectivity index (χ1) is 16.8. The van der Waals surface area contributed by atoms with Gasteiger partial charge in [0.2, 0.25) is 0 Å². The van der Waals surface area contributed by atoms with Gasteiger partial charge in [-0.3, -0.25) is 0 Å². The van der Waals surface area contributed by atoms with Crippen LogP contribution in [0.4, 0.5) is 0 Å². The van der Waals surface area contributed by atoms with Crippen LogP contribution in [0.3, 0.4) is 0 Å². The standard InChI is InChI=1S/C16H36BrP.C16H36N.HI/c1-5-9-13-18(17,14-10-6-2,15-11-7-3)16-12-8-4;1-5-9-13-17(14-10-6-2,15-11-7-3)16-12-8-4;/h5-16H2,1-4H3;5-16H2,1-4H3;1H/q;+1;/p-1. The van der Waals surface area contributed by atoms with Gasteiger partial charge in [0, 0.05) is 0 Å². The molecule has 0 aliphatic heterocycles. The number of nitrogens with zero attached hydrogens (tertiary/aromatic N) is 1. The second-order valence-corrected chi connectivity index (χ2v) is 23.2. The largest absolute Gasteiger partial charge is 1.00 e. The van der Waals surface area contributed by atoms with Crippen molar-refractivity contribution >= 4 is 20.8 Å². The molecule has 0 amide bonds. The third-order valence-corrected chi connectivity index (χ3v) is 18.2. The Hall–Kier alpha value is 1.60. The molecule has 0 atom stereocenters. The molecule has 0 spiro atoms. The van der Waals surface area contributed by atoms with Gasteiger partial charge in [0.05, 0.1) is 26.2 Å². The topological polar surface area (TPSA) is 0 Å². The summed E-state index contributed by atoms with van der Waals surface area (Å²) in [5.74, 6) is 0. The molecule has 0 unspecified atom stereocenters. The van der Waals surface area contributed by atoms with Crippen LogP contribution in [0.15, 0.2) is 0 Å². The molecule has 0 saturated carbocycles. The minimum atomic E-state index is -1.55. The summed E-state index contributed by atoms with van der Waals surface area (Å²) in [5, 5.41) is -1.55. The van der Waals surface area contributed by atoms with Gasteiger partial charge in [-0.2, -0.15) is 0 Å². The van der Waals surface area contributed by atoms with Crippen molar-refractivity contribution in [1.29, 1.82) is 0 Å². The zero-order valence-electron chi connectivity index (χ0n) is 26.6. The monoisotopic (exact) mass is 707 g/mol. The van der Waals surface area contributed by atoms with Crippen LogP contribution in [0.5, 0.6) is 0 Å². The van der Waals surface area contributed by atoms with Crippen LogP contribution in [0.1, 0.15) is 158 Å². The fourth-order valence-corrected chi connectivity index (χ4v) is 14.3. The van der Waals surface area contributed by atoms with Gasteiger partial charge in [-0.25, -0.2) is 0 Å². The van der Waals surface area contributed by atoms with Crippen molar-refractivity contribution in [2.45, 2.75) is 158 Å². The summed E-state index contributed by atoms with van der Waals surface area (Å²) in [4.78, 5) is 0. The predicted molar refractivity (Wildman–Crippen MR) is 174 cm³/mol. The number of hydrogen-bond donors (Lipinski definition) is 0. The second-order valence-electron chi connectivity index (χ2n) is 11.8. The number of quaternary nitrogens is 1. The van der Waals surface area contributed by atoms with Gasteiger partial charge in [-0.15, -0.1) is 0 Å². The molecule has 1 nitrogen and oxygen atoms in total. The first kappa shape index (κ1) is 42.1. The summed E-state index contributed by atoms with van der Waals surface area (Å²) in [7, 11) is 0. The smallest absolute Gasteiger partial charge is 0.0786 e. The van der Waals surface area contributed by atoms with Gasteiger partial charge in [0.1, 0.15) is 0 Å². The zero-order chi connectivity index (χ0) is 26.9. The molecule has 0 heterocycles. The van der Waals surface area contributed by atoms with Gasteiger partial charge in [-0.05, 0) is 25.7 Å². The molecule has 0 aromatic carbocycles. The molecule has 0 rings (SSSR count). The molecule has 0 aromatic rings. The molecule has 0 aliphatic carbocycles. The van der Waals surface area contributed by atoms with E-state index in [4.69, 9.17) is 0 Å². The third-order valence-electron chi connectivity index (χ3n) is 8.23. The van der Waals surface area contributed by atoms with Crippen molar-refractivity contribution in [3.8, 4) is 0 Å². The van der Waals surface area contributed by atoms with Gasteiger partial charge in [-0.1, -0.05) is 53.4 Å². The van der Waals surface area contributed by atoms with E-state index in [1.54, 1.807) is 0 Å². The summed E-state index contributed by atoms with van der Waals surface area (Å²) in [5.41, 5.74) is 0. The number of rotatable bonds is 24. The molecule has 0 saturated heterocycles. The molecule has 4 heteroatoms. The quantitative estimate of drug-likeness (QED) is 0.0534. The van der Waals surface area contributed by atoms with Crippen LogP contribution in [0.2, 0.25) is 0 Å². The zero-order valence-corrected chi connectivity index (χ0v) is 31.3. The SMILES string of the molecule is CCCCP(Br)(CCCC)(CCCC)CCCC.CCCC[N+](CCCC)(CCCC)CCCC.[I-]. The Morgan fingerprint density at radius 1 is 0.389 bits per heavy atom. The summed E-state index contributed by atoms with van der Waals surface area (Å²) in [6.45, 7) is 24.4. The Labute approximate surface area is 256 Å². The van der Waals surface area contributed by atoms with Crippen LogP contribution in [0, 0.1) is 0 Å². The molecule has 0 fully saturated rings. The molecule has 0 aromatic heterocycles. The van der Waals surface area contributed by atoms with E-state index in [0.29, 0.717) is 0 Å². The molecule has 0 N–H and O–H groups in total. The average Bonchev–Trinajstić information content (AvgIpc) is 2.88. The maximum atomic E-state index is 4.43. The Kier molecular flexibility index (Phi) is 31.3. The fourth-order valence-electron chi connectivity index (χ4n) is 5.53. The van der Waals surface area contributed by atoms with Crippen LogP contribution >= 0.6 is 20.8 Å². The normalized spacial score (nSPS) is 12.9. The van der Waals surface area contributed by atoms with Gasteiger partial charge < -0.3 is 28.5 Å². The van der Waals surface area contributed by atoms with E-state index >= 15 is 0 Å². The van der Waals surface area contributed by atoms with Crippen LogP contribution in [-0.2, 0) is 0 Å². The second kappa shape index (κ2) is 26.8. The first-order valence-corrected chi connectivity index (χ1v) is 21.4. The van der Waals surface area contributed by atoms with Crippen molar-refractivity contribution in [1.82, 2.24) is 0 Å². The number of halogens is 2. The number of unbranched alkanes of at least 4 members (excludes halogenated alkanes) is 8. The van der Waals surface area contributed by atoms with Crippen molar-refractivity contribution in [2.75, 3.05) is 50.8 Å². The molecule has 0 bridgehead atoms. The molecule has 0 radical (unpaired) electrons. The van der Waals surface area contributed by atoms with E-state index in [1.165, 1.54) is 158 Å². The van der Waals surface area contributed by atoms with E-state index < -0.39 is 5.31 Å². The molecular formula is C32H72BrINP. The van der Waals surface area contributed by atoms with Crippen molar-refractivity contribution in [2.24, 2.45) is 0 Å². The Morgan fingerprint density at radius 3 is 0.750 bits per heavy atom. The van der Waals surface area contributed by atoms with Crippen LogP contribution < -0.4 is 24.0 Å². The Morgan fingerprint density at radius 2 is 0.583 bits per heavy atom. The summed E-state index contributed by atoms with van der Waals surface area (Å²) >= 11 is 4.43. The molecule has 224 valence electrons. The van der Waals surface area contributed by atoms with E-state index in [1.807, 2.05) is 0 Å². The third kappa shape index (κ3) is 20.5. The Balaban J connectivity index is -0.000000590. The first-order valence-electron chi connectivity index (χ1n) is 16.4.